The van der Waals surface area contributed by atoms with Crippen molar-refractivity contribution in [3.8, 4) is 0 Å². The Morgan fingerprint density at radius 2 is 2.20 bits per heavy atom. The van der Waals surface area contributed by atoms with Crippen molar-refractivity contribution in [3.05, 3.63) is 15.9 Å². The Morgan fingerprint density at radius 3 is 2.67 bits per heavy atom. The number of aryl methyl sites for hydroxylation is 2. The van der Waals surface area contributed by atoms with Gasteiger partial charge in [0.1, 0.15) is 0 Å². The standard InChI is InChI=1S/C11H20BrN3/c1-4-9-11(12)10(15(3)14-9)6-5-8(2)7-13/h8H,4-7,13H2,1-3H3. The topological polar surface area (TPSA) is 43.8 Å². The van der Waals surface area contributed by atoms with Gasteiger partial charge in [-0.1, -0.05) is 13.8 Å². The van der Waals surface area contributed by atoms with E-state index in [1.165, 1.54) is 10.2 Å². The molecule has 1 heterocycles. The number of nitrogens with two attached hydrogens (primary N) is 1. The maximum atomic E-state index is 5.61. The Labute approximate surface area is 100 Å². The van der Waals surface area contributed by atoms with Crippen LogP contribution in [0.5, 0.6) is 0 Å². The van der Waals surface area contributed by atoms with Gasteiger partial charge in [0.05, 0.1) is 15.9 Å². The molecular formula is C11H20BrN3. The summed E-state index contributed by atoms with van der Waals surface area (Å²) in [5.41, 5.74) is 8.04. The molecule has 1 aromatic heterocycles. The van der Waals surface area contributed by atoms with E-state index in [0.29, 0.717) is 5.92 Å². The minimum atomic E-state index is 0.580. The second kappa shape index (κ2) is 5.66. The first kappa shape index (κ1) is 12.7. The Balaban J connectivity index is 2.72. The lowest BCUT2D eigenvalue weighted by atomic mass is 10.0. The molecule has 0 saturated heterocycles. The zero-order valence-corrected chi connectivity index (χ0v) is 11.3. The van der Waals surface area contributed by atoms with E-state index >= 15 is 0 Å². The molecule has 0 aliphatic heterocycles. The molecule has 0 aliphatic rings. The van der Waals surface area contributed by atoms with Crippen molar-refractivity contribution in [1.82, 2.24) is 9.78 Å². The van der Waals surface area contributed by atoms with Crippen LogP contribution in [0, 0.1) is 5.92 Å². The third-order valence-corrected chi connectivity index (χ3v) is 3.69. The maximum absolute atomic E-state index is 5.61. The average molecular weight is 274 g/mol. The van der Waals surface area contributed by atoms with Crippen LogP contribution in [-0.2, 0) is 19.9 Å². The first-order chi connectivity index (χ1) is 7.10. The lowest BCUT2D eigenvalue weighted by Crippen LogP contribution is -2.12. The summed E-state index contributed by atoms with van der Waals surface area (Å²) in [6.07, 6.45) is 3.14. The largest absolute Gasteiger partial charge is 0.330 e. The Kier molecular flexibility index (Phi) is 4.80. The number of rotatable bonds is 5. The molecule has 1 rings (SSSR count). The third kappa shape index (κ3) is 3.05. The Bertz CT molecular complexity index is 320. The summed E-state index contributed by atoms with van der Waals surface area (Å²) in [5.74, 6) is 0.580. The van der Waals surface area contributed by atoms with Gasteiger partial charge in [-0.25, -0.2) is 0 Å². The molecule has 0 radical (unpaired) electrons. The number of hydrogen-bond donors (Lipinski definition) is 1. The fraction of sp³-hybridized carbons (Fsp3) is 0.727. The number of aromatic nitrogens is 2. The van der Waals surface area contributed by atoms with E-state index < -0.39 is 0 Å². The SMILES string of the molecule is CCc1nn(C)c(CCC(C)CN)c1Br. The van der Waals surface area contributed by atoms with Crippen molar-refractivity contribution in [2.45, 2.75) is 33.1 Å². The molecule has 4 heteroatoms. The van der Waals surface area contributed by atoms with Crippen LogP contribution in [-0.4, -0.2) is 16.3 Å². The molecule has 0 aromatic carbocycles. The molecular weight excluding hydrogens is 254 g/mol. The van der Waals surface area contributed by atoms with Crippen LogP contribution in [0.15, 0.2) is 4.47 Å². The zero-order chi connectivity index (χ0) is 11.4. The molecule has 2 N–H and O–H groups in total. The normalized spacial score (nSPS) is 13.1. The minimum absolute atomic E-state index is 0.580. The van der Waals surface area contributed by atoms with Gasteiger partial charge in [-0.2, -0.15) is 5.10 Å². The summed E-state index contributed by atoms with van der Waals surface area (Å²) >= 11 is 3.62. The van der Waals surface area contributed by atoms with Gasteiger partial charge in [-0.3, -0.25) is 4.68 Å². The van der Waals surface area contributed by atoms with Gasteiger partial charge in [0.2, 0.25) is 0 Å². The molecule has 0 saturated carbocycles. The summed E-state index contributed by atoms with van der Waals surface area (Å²) in [6.45, 7) is 5.07. The smallest absolute Gasteiger partial charge is 0.0766 e. The van der Waals surface area contributed by atoms with E-state index in [1.54, 1.807) is 0 Å². The molecule has 0 fully saturated rings. The van der Waals surface area contributed by atoms with Crippen molar-refractivity contribution in [2.75, 3.05) is 6.54 Å². The average Bonchev–Trinajstić information content (AvgIpc) is 2.51. The molecule has 3 nitrogen and oxygen atoms in total. The fourth-order valence-corrected chi connectivity index (χ4v) is 2.41. The van der Waals surface area contributed by atoms with Gasteiger partial charge in [0.15, 0.2) is 0 Å². The first-order valence-electron chi connectivity index (χ1n) is 5.50. The summed E-state index contributed by atoms with van der Waals surface area (Å²) in [7, 11) is 2.01. The molecule has 1 atom stereocenters. The molecule has 1 aromatic rings. The number of nitrogens with zero attached hydrogens (tertiary/aromatic N) is 2. The van der Waals surface area contributed by atoms with Crippen LogP contribution < -0.4 is 5.73 Å². The molecule has 0 aliphatic carbocycles. The van der Waals surface area contributed by atoms with Crippen LogP contribution in [0.4, 0.5) is 0 Å². The van der Waals surface area contributed by atoms with Crippen molar-refractivity contribution >= 4 is 15.9 Å². The highest BCUT2D eigenvalue weighted by Gasteiger charge is 2.12. The minimum Gasteiger partial charge on any atom is -0.330 e. The van der Waals surface area contributed by atoms with Crippen molar-refractivity contribution < 1.29 is 0 Å². The molecule has 0 bridgehead atoms. The molecule has 1 unspecified atom stereocenters. The van der Waals surface area contributed by atoms with Crippen LogP contribution >= 0.6 is 15.9 Å². The van der Waals surface area contributed by atoms with Crippen LogP contribution in [0.3, 0.4) is 0 Å². The monoisotopic (exact) mass is 273 g/mol. The summed E-state index contributed by atoms with van der Waals surface area (Å²) in [4.78, 5) is 0. The predicted molar refractivity (Wildman–Crippen MR) is 66.8 cm³/mol. The predicted octanol–water partition coefficient (Wildman–Crippen LogP) is 2.27. The summed E-state index contributed by atoms with van der Waals surface area (Å²) < 4.78 is 3.16. The van der Waals surface area contributed by atoms with Crippen LogP contribution in [0.2, 0.25) is 0 Å². The summed E-state index contributed by atoms with van der Waals surface area (Å²) in [5, 5.41) is 4.47. The Hall–Kier alpha value is -0.350. The fourth-order valence-electron chi connectivity index (χ4n) is 1.59. The van der Waals surface area contributed by atoms with Gasteiger partial charge in [-0.05, 0) is 47.7 Å². The highest BCUT2D eigenvalue weighted by atomic mass is 79.9. The van der Waals surface area contributed by atoms with Crippen molar-refractivity contribution in [1.29, 1.82) is 0 Å². The van der Waals surface area contributed by atoms with Gasteiger partial charge in [0, 0.05) is 7.05 Å². The van der Waals surface area contributed by atoms with E-state index in [1.807, 2.05) is 11.7 Å². The quantitative estimate of drug-likeness (QED) is 0.895. The second-order valence-corrected chi connectivity index (χ2v) is 4.86. The number of hydrogen-bond acceptors (Lipinski definition) is 2. The van der Waals surface area contributed by atoms with Crippen LogP contribution in [0.25, 0.3) is 0 Å². The molecule has 86 valence electrons. The first-order valence-corrected chi connectivity index (χ1v) is 6.29. The lowest BCUT2D eigenvalue weighted by molar-refractivity contribution is 0.529. The number of halogens is 1. The molecule has 0 amide bonds. The lowest BCUT2D eigenvalue weighted by Gasteiger charge is -2.08. The maximum Gasteiger partial charge on any atom is 0.0766 e. The van der Waals surface area contributed by atoms with E-state index in [2.05, 4.69) is 34.9 Å². The van der Waals surface area contributed by atoms with Gasteiger partial charge in [0.25, 0.3) is 0 Å². The summed E-state index contributed by atoms with van der Waals surface area (Å²) in [6, 6.07) is 0. The zero-order valence-electron chi connectivity index (χ0n) is 9.76. The van der Waals surface area contributed by atoms with Gasteiger partial charge in [-0.15, -0.1) is 0 Å². The van der Waals surface area contributed by atoms with E-state index in [-0.39, 0.29) is 0 Å². The van der Waals surface area contributed by atoms with E-state index in [0.717, 1.165) is 31.5 Å². The van der Waals surface area contributed by atoms with Gasteiger partial charge >= 0.3 is 0 Å². The van der Waals surface area contributed by atoms with Crippen molar-refractivity contribution in [2.24, 2.45) is 18.7 Å². The van der Waals surface area contributed by atoms with Crippen LogP contribution in [0.1, 0.15) is 31.7 Å². The molecule has 0 spiro atoms. The Morgan fingerprint density at radius 1 is 1.53 bits per heavy atom. The van der Waals surface area contributed by atoms with Crippen molar-refractivity contribution in [3.63, 3.8) is 0 Å². The van der Waals surface area contributed by atoms with Gasteiger partial charge < -0.3 is 5.73 Å². The van der Waals surface area contributed by atoms with E-state index in [4.69, 9.17) is 5.73 Å². The second-order valence-electron chi connectivity index (χ2n) is 4.06. The molecule has 15 heavy (non-hydrogen) atoms. The van der Waals surface area contributed by atoms with E-state index in [9.17, 15) is 0 Å². The highest BCUT2D eigenvalue weighted by Crippen LogP contribution is 2.23. The third-order valence-electron chi connectivity index (χ3n) is 2.78. The highest BCUT2D eigenvalue weighted by molar-refractivity contribution is 9.10.